The normalized spacial score (nSPS) is 11.2. The lowest BCUT2D eigenvalue weighted by atomic mass is 10.1. The molecule has 136 valence electrons. The molecule has 0 radical (unpaired) electrons. The second-order valence-corrected chi connectivity index (χ2v) is 7.60. The van der Waals surface area contributed by atoms with E-state index >= 15 is 0 Å². The molecule has 0 saturated carbocycles. The summed E-state index contributed by atoms with van der Waals surface area (Å²) in [5.41, 5.74) is 3.24. The zero-order chi connectivity index (χ0) is 18.8. The fraction of sp³-hybridized carbons (Fsp3) is 0.190. The van der Waals surface area contributed by atoms with E-state index in [1.54, 1.807) is 17.5 Å². The molecule has 0 aliphatic carbocycles. The highest BCUT2D eigenvalue weighted by molar-refractivity contribution is 7.13. The summed E-state index contributed by atoms with van der Waals surface area (Å²) < 4.78 is 1.82. The lowest BCUT2D eigenvalue weighted by Crippen LogP contribution is -2.30. The van der Waals surface area contributed by atoms with Gasteiger partial charge in [-0.25, -0.2) is 9.67 Å². The smallest absolute Gasteiger partial charge is 0.272 e. The van der Waals surface area contributed by atoms with Crippen LogP contribution < -0.4 is 5.32 Å². The van der Waals surface area contributed by atoms with Gasteiger partial charge in [0.05, 0.1) is 11.9 Å². The van der Waals surface area contributed by atoms with Crippen LogP contribution in [-0.4, -0.2) is 26.7 Å². The first-order valence-electron chi connectivity index (χ1n) is 8.87. The maximum Gasteiger partial charge on any atom is 0.272 e. The molecule has 1 amide bonds. The lowest BCUT2D eigenvalue weighted by Gasteiger charge is -2.07. The van der Waals surface area contributed by atoms with Crippen molar-refractivity contribution in [3.05, 3.63) is 71.4 Å². The first-order chi connectivity index (χ1) is 13.1. The van der Waals surface area contributed by atoms with E-state index in [0.29, 0.717) is 12.2 Å². The maximum atomic E-state index is 12.8. The van der Waals surface area contributed by atoms with E-state index in [9.17, 15) is 4.79 Å². The quantitative estimate of drug-likeness (QED) is 0.563. The van der Waals surface area contributed by atoms with Crippen LogP contribution >= 0.6 is 11.3 Å². The number of hydrogen-bond acceptors (Lipinski definition) is 4. The number of amides is 1. The number of carbonyl (C=O) groups is 1. The summed E-state index contributed by atoms with van der Waals surface area (Å²) in [5.74, 6) is -0.174. The molecule has 5 nitrogen and oxygen atoms in total. The standard InChI is InChI=1S/C21H20N4OS/c1-14(2)23-21(26)19-18-16(17-9-6-12-27-17)10-11-22-20(18)25(24-19)13-15-7-4-3-5-8-15/h3-12,14H,13H2,1-2H3,(H,23,26). The maximum absolute atomic E-state index is 12.8. The van der Waals surface area contributed by atoms with E-state index in [0.717, 1.165) is 27.0 Å². The Labute approximate surface area is 161 Å². The number of nitrogens with zero attached hydrogens (tertiary/aromatic N) is 3. The van der Waals surface area contributed by atoms with E-state index in [2.05, 4.69) is 21.5 Å². The molecule has 1 aromatic carbocycles. The van der Waals surface area contributed by atoms with Crippen molar-refractivity contribution in [1.82, 2.24) is 20.1 Å². The summed E-state index contributed by atoms with van der Waals surface area (Å²) in [6.45, 7) is 4.45. The largest absolute Gasteiger partial charge is 0.348 e. The molecule has 1 N–H and O–H groups in total. The van der Waals surface area contributed by atoms with Gasteiger partial charge < -0.3 is 5.32 Å². The number of fused-ring (bicyclic) bond motifs is 1. The molecule has 0 bridgehead atoms. The third kappa shape index (κ3) is 3.48. The number of aromatic nitrogens is 3. The van der Waals surface area contributed by atoms with Gasteiger partial charge in [-0.2, -0.15) is 5.10 Å². The Morgan fingerprint density at radius 2 is 1.96 bits per heavy atom. The molecule has 3 aromatic heterocycles. The van der Waals surface area contributed by atoms with Crippen LogP contribution in [0.5, 0.6) is 0 Å². The molecule has 0 saturated heterocycles. The topological polar surface area (TPSA) is 59.8 Å². The summed E-state index contributed by atoms with van der Waals surface area (Å²) in [7, 11) is 0. The average molecular weight is 376 g/mol. The molecule has 4 rings (SSSR count). The monoisotopic (exact) mass is 376 g/mol. The summed E-state index contributed by atoms with van der Waals surface area (Å²) in [4.78, 5) is 18.5. The molecule has 0 unspecified atom stereocenters. The van der Waals surface area contributed by atoms with Crippen LogP contribution in [0.25, 0.3) is 21.5 Å². The molecule has 0 aliphatic rings. The van der Waals surface area contributed by atoms with Crippen LogP contribution in [0.3, 0.4) is 0 Å². The summed E-state index contributed by atoms with van der Waals surface area (Å²) in [5, 5.41) is 10.4. The van der Waals surface area contributed by atoms with Gasteiger partial charge in [-0.05, 0) is 36.9 Å². The summed E-state index contributed by atoms with van der Waals surface area (Å²) in [6, 6.07) is 16.1. The van der Waals surface area contributed by atoms with Crippen molar-refractivity contribution >= 4 is 28.3 Å². The van der Waals surface area contributed by atoms with Crippen LogP contribution in [0.1, 0.15) is 29.9 Å². The van der Waals surface area contributed by atoms with Gasteiger partial charge in [0.1, 0.15) is 0 Å². The molecule has 3 heterocycles. The number of rotatable bonds is 5. The van der Waals surface area contributed by atoms with Gasteiger partial charge >= 0.3 is 0 Å². The van der Waals surface area contributed by atoms with Gasteiger partial charge in [-0.3, -0.25) is 4.79 Å². The van der Waals surface area contributed by atoms with E-state index < -0.39 is 0 Å². The molecule has 0 aliphatic heterocycles. The first-order valence-corrected chi connectivity index (χ1v) is 9.75. The number of carbonyl (C=O) groups excluding carboxylic acids is 1. The Hall–Kier alpha value is -2.99. The molecule has 0 atom stereocenters. The molecular weight excluding hydrogens is 356 g/mol. The van der Waals surface area contributed by atoms with E-state index in [4.69, 9.17) is 0 Å². The fourth-order valence-corrected chi connectivity index (χ4v) is 3.85. The Morgan fingerprint density at radius 1 is 1.15 bits per heavy atom. The average Bonchev–Trinajstić information content (AvgIpc) is 3.30. The van der Waals surface area contributed by atoms with E-state index in [1.807, 2.05) is 66.4 Å². The Bertz CT molecular complexity index is 1070. The minimum atomic E-state index is -0.174. The molecule has 6 heteroatoms. The van der Waals surface area contributed by atoms with E-state index in [-0.39, 0.29) is 11.9 Å². The fourth-order valence-electron chi connectivity index (χ4n) is 3.09. The SMILES string of the molecule is CC(C)NC(=O)c1nn(Cc2ccccc2)c2nccc(-c3cccs3)c12. The van der Waals surface area contributed by atoms with Crippen molar-refractivity contribution in [1.29, 1.82) is 0 Å². The van der Waals surface area contributed by atoms with Gasteiger partial charge in [-0.1, -0.05) is 36.4 Å². The Kier molecular flexibility index (Phi) is 4.73. The van der Waals surface area contributed by atoms with Crippen molar-refractivity contribution in [3.63, 3.8) is 0 Å². The molecule has 27 heavy (non-hydrogen) atoms. The first kappa shape index (κ1) is 17.4. The number of pyridine rings is 1. The third-order valence-corrected chi connectivity index (χ3v) is 5.13. The minimum absolute atomic E-state index is 0.0358. The predicted molar refractivity (Wildman–Crippen MR) is 109 cm³/mol. The molecular formula is C21H20N4OS. The number of thiophene rings is 1. The van der Waals surface area contributed by atoms with Crippen LogP contribution in [0, 0.1) is 0 Å². The van der Waals surface area contributed by atoms with Crippen LogP contribution in [0.2, 0.25) is 0 Å². The minimum Gasteiger partial charge on any atom is -0.348 e. The van der Waals surface area contributed by atoms with Crippen molar-refractivity contribution in [2.24, 2.45) is 0 Å². The van der Waals surface area contributed by atoms with Crippen molar-refractivity contribution < 1.29 is 4.79 Å². The highest BCUT2D eigenvalue weighted by atomic mass is 32.1. The van der Waals surface area contributed by atoms with E-state index in [1.165, 1.54) is 0 Å². The predicted octanol–water partition coefficient (Wildman–Crippen LogP) is 4.35. The van der Waals surface area contributed by atoms with Gasteiger partial charge in [0.15, 0.2) is 11.3 Å². The van der Waals surface area contributed by atoms with Crippen LogP contribution in [-0.2, 0) is 6.54 Å². The lowest BCUT2D eigenvalue weighted by molar-refractivity contribution is 0.0939. The highest BCUT2D eigenvalue weighted by Crippen LogP contribution is 2.33. The number of hydrogen-bond donors (Lipinski definition) is 1. The van der Waals surface area contributed by atoms with Gasteiger partial charge in [-0.15, -0.1) is 11.3 Å². The molecule has 0 spiro atoms. The summed E-state index contributed by atoms with van der Waals surface area (Å²) in [6.07, 6.45) is 1.78. The van der Waals surface area contributed by atoms with Crippen LogP contribution in [0.15, 0.2) is 60.1 Å². The second kappa shape index (κ2) is 7.32. The number of nitrogens with one attached hydrogen (secondary N) is 1. The molecule has 0 fully saturated rings. The van der Waals surface area contributed by atoms with Crippen molar-refractivity contribution in [3.8, 4) is 10.4 Å². The zero-order valence-electron chi connectivity index (χ0n) is 15.2. The highest BCUT2D eigenvalue weighted by Gasteiger charge is 2.22. The zero-order valence-corrected chi connectivity index (χ0v) is 16.0. The number of benzene rings is 1. The Morgan fingerprint density at radius 3 is 2.67 bits per heavy atom. The second-order valence-electron chi connectivity index (χ2n) is 6.65. The van der Waals surface area contributed by atoms with Gasteiger partial charge in [0, 0.05) is 22.7 Å². The third-order valence-electron chi connectivity index (χ3n) is 4.23. The van der Waals surface area contributed by atoms with Crippen molar-refractivity contribution in [2.75, 3.05) is 0 Å². The van der Waals surface area contributed by atoms with Gasteiger partial charge in [0.2, 0.25) is 0 Å². The van der Waals surface area contributed by atoms with Crippen molar-refractivity contribution in [2.45, 2.75) is 26.4 Å². The summed E-state index contributed by atoms with van der Waals surface area (Å²) >= 11 is 1.64. The van der Waals surface area contributed by atoms with Gasteiger partial charge in [0.25, 0.3) is 5.91 Å². The van der Waals surface area contributed by atoms with Crippen LogP contribution in [0.4, 0.5) is 0 Å². The Balaban J connectivity index is 1.90. The molecule has 4 aromatic rings.